The smallest absolute Gasteiger partial charge is 0.234 e. The molecule has 1 N–H and O–H groups in total. The molecular formula is C24H33FN4O2. The number of Topliss-reactive ketones (excluding diaryl/α,β-unsaturated/α-hetero) is 1. The van der Waals surface area contributed by atoms with Gasteiger partial charge in [-0.05, 0) is 44.0 Å². The Balaban J connectivity index is 1.54. The third-order valence-corrected chi connectivity index (χ3v) is 5.90. The summed E-state index contributed by atoms with van der Waals surface area (Å²) in [7, 11) is 0. The predicted octanol–water partition coefficient (Wildman–Crippen LogP) is 2.62. The Kier molecular flexibility index (Phi) is 7.98. The monoisotopic (exact) mass is 428 g/mol. The quantitative estimate of drug-likeness (QED) is 0.624. The van der Waals surface area contributed by atoms with Crippen molar-refractivity contribution < 1.29 is 14.0 Å². The van der Waals surface area contributed by atoms with E-state index in [9.17, 15) is 14.0 Å². The van der Waals surface area contributed by atoms with Crippen LogP contribution < -0.4 is 5.32 Å². The Morgan fingerprint density at radius 3 is 2.23 bits per heavy atom. The SMILES string of the molecule is CCCNC(=O)CN1CCN(CC(=O)c2cc(C)n(Cc3ccc(F)cc3)c2C)CC1. The maximum absolute atomic E-state index is 13.2. The standard InChI is InChI=1S/C24H33FN4O2/c1-4-9-26-24(31)17-28-12-10-27(11-13-28)16-23(30)22-14-18(2)29(19(22)3)15-20-5-7-21(25)8-6-20/h5-8,14H,4,9-13,15-17H2,1-3H3,(H,26,31). The van der Waals surface area contributed by atoms with Gasteiger partial charge in [-0.2, -0.15) is 0 Å². The number of hydrogen-bond acceptors (Lipinski definition) is 4. The number of aryl methyl sites for hydroxylation is 1. The van der Waals surface area contributed by atoms with Gasteiger partial charge in [0.15, 0.2) is 5.78 Å². The molecule has 1 aromatic carbocycles. The van der Waals surface area contributed by atoms with Crippen molar-refractivity contribution in [2.75, 3.05) is 45.8 Å². The average molecular weight is 429 g/mol. The summed E-state index contributed by atoms with van der Waals surface area (Å²) >= 11 is 0. The average Bonchev–Trinajstić information content (AvgIpc) is 3.03. The van der Waals surface area contributed by atoms with Crippen molar-refractivity contribution in [3.05, 3.63) is 58.7 Å². The Labute approximate surface area is 184 Å². The van der Waals surface area contributed by atoms with E-state index in [1.54, 1.807) is 12.1 Å². The second-order valence-corrected chi connectivity index (χ2v) is 8.32. The van der Waals surface area contributed by atoms with Crippen LogP contribution in [0.1, 0.15) is 40.7 Å². The Bertz CT molecular complexity index is 899. The van der Waals surface area contributed by atoms with Gasteiger partial charge in [0.2, 0.25) is 5.91 Å². The van der Waals surface area contributed by atoms with E-state index in [0.29, 0.717) is 26.2 Å². The maximum Gasteiger partial charge on any atom is 0.234 e. The fourth-order valence-corrected chi connectivity index (χ4v) is 4.02. The van der Waals surface area contributed by atoms with Gasteiger partial charge in [0.05, 0.1) is 13.1 Å². The topological polar surface area (TPSA) is 57.6 Å². The van der Waals surface area contributed by atoms with Crippen molar-refractivity contribution in [3.8, 4) is 0 Å². The fourth-order valence-electron chi connectivity index (χ4n) is 4.02. The number of halogens is 1. The molecule has 0 radical (unpaired) electrons. The Morgan fingerprint density at radius 1 is 1.00 bits per heavy atom. The fraction of sp³-hybridized carbons (Fsp3) is 0.500. The van der Waals surface area contributed by atoms with Crippen molar-refractivity contribution in [1.29, 1.82) is 0 Å². The van der Waals surface area contributed by atoms with Crippen LogP contribution in [-0.2, 0) is 11.3 Å². The van der Waals surface area contributed by atoms with E-state index < -0.39 is 0 Å². The van der Waals surface area contributed by atoms with E-state index in [4.69, 9.17) is 0 Å². The summed E-state index contributed by atoms with van der Waals surface area (Å²) in [4.78, 5) is 29.2. The van der Waals surface area contributed by atoms with Crippen LogP contribution in [0.15, 0.2) is 30.3 Å². The minimum atomic E-state index is -0.248. The van der Waals surface area contributed by atoms with Crippen molar-refractivity contribution in [1.82, 2.24) is 19.7 Å². The van der Waals surface area contributed by atoms with Crippen molar-refractivity contribution in [3.63, 3.8) is 0 Å². The minimum absolute atomic E-state index is 0.0694. The number of nitrogens with one attached hydrogen (secondary N) is 1. The lowest BCUT2D eigenvalue weighted by Gasteiger charge is -2.33. The van der Waals surface area contributed by atoms with Crippen LogP contribution in [0.2, 0.25) is 0 Å². The lowest BCUT2D eigenvalue weighted by Crippen LogP contribution is -2.50. The van der Waals surface area contributed by atoms with Crippen LogP contribution in [0, 0.1) is 19.7 Å². The van der Waals surface area contributed by atoms with E-state index in [0.717, 1.165) is 55.1 Å². The van der Waals surface area contributed by atoms with Crippen LogP contribution in [-0.4, -0.2) is 71.9 Å². The van der Waals surface area contributed by atoms with E-state index in [1.807, 2.05) is 26.8 Å². The van der Waals surface area contributed by atoms with Crippen LogP contribution in [0.5, 0.6) is 0 Å². The van der Waals surface area contributed by atoms with Gasteiger partial charge in [0.1, 0.15) is 5.82 Å². The number of rotatable bonds is 9. The zero-order valence-electron chi connectivity index (χ0n) is 18.8. The van der Waals surface area contributed by atoms with Gasteiger partial charge < -0.3 is 9.88 Å². The summed E-state index contributed by atoms with van der Waals surface area (Å²) in [6, 6.07) is 8.43. The van der Waals surface area contributed by atoms with Crippen LogP contribution in [0.4, 0.5) is 4.39 Å². The highest BCUT2D eigenvalue weighted by molar-refractivity contribution is 5.99. The molecule has 0 saturated carbocycles. The molecule has 2 aromatic rings. The van der Waals surface area contributed by atoms with Crippen LogP contribution >= 0.6 is 0 Å². The van der Waals surface area contributed by atoms with Gasteiger partial charge in [-0.15, -0.1) is 0 Å². The van der Waals surface area contributed by atoms with Crippen molar-refractivity contribution >= 4 is 11.7 Å². The molecule has 1 saturated heterocycles. The van der Waals surface area contributed by atoms with Crippen molar-refractivity contribution in [2.24, 2.45) is 0 Å². The predicted molar refractivity (Wildman–Crippen MR) is 120 cm³/mol. The molecule has 1 amide bonds. The highest BCUT2D eigenvalue weighted by Crippen LogP contribution is 2.19. The summed E-state index contributed by atoms with van der Waals surface area (Å²) in [5.41, 5.74) is 3.72. The number of carbonyl (C=O) groups is 2. The van der Waals surface area contributed by atoms with Crippen LogP contribution in [0.25, 0.3) is 0 Å². The first-order valence-corrected chi connectivity index (χ1v) is 11.0. The summed E-state index contributed by atoms with van der Waals surface area (Å²) < 4.78 is 15.3. The first-order chi connectivity index (χ1) is 14.9. The van der Waals surface area contributed by atoms with E-state index >= 15 is 0 Å². The second-order valence-electron chi connectivity index (χ2n) is 8.32. The van der Waals surface area contributed by atoms with Gasteiger partial charge >= 0.3 is 0 Å². The lowest BCUT2D eigenvalue weighted by atomic mass is 10.1. The molecule has 31 heavy (non-hydrogen) atoms. The summed E-state index contributed by atoms with van der Waals surface area (Å²) in [5, 5.41) is 2.91. The first kappa shape index (κ1) is 23.2. The molecule has 1 aromatic heterocycles. The molecular weight excluding hydrogens is 395 g/mol. The van der Waals surface area contributed by atoms with E-state index in [1.165, 1.54) is 12.1 Å². The van der Waals surface area contributed by atoms with E-state index in [2.05, 4.69) is 19.7 Å². The van der Waals surface area contributed by atoms with Gasteiger partial charge in [-0.25, -0.2) is 4.39 Å². The third-order valence-electron chi connectivity index (χ3n) is 5.90. The maximum atomic E-state index is 13.2. The van der Waals surface area contributed by atoms with E-state index in [-0.39, 0.29) is 17.5 Å². The number of carbonyl (C=O) groups excluding carboxylic acids is 2. The Hall–Kier alpha value is -2.51. The third kappa shape index (κ3) is 6.24. The summed E-state index contributed by atoms with van der Waals surface area (Å²) in [6.45, 7) is 11.3. The normalized spacial score (nSPS) is 15.2. The zero-order chi connectivity index (χ0) is 22.4. The van der Waals surface area contributed by atoms with Gasteiger partial charge in [-0.1, -0.05) is 19.1 Å². The van der Waals surface area contributed by atoms with Crippen molar-refractivity contribution in [2.45, 2.75) is 33.7 Å². The molecule has 0 aliphatic carbocycles. The minimum Gasteiger partial charge on any atom is -0.355 e. The van der Waals surface area contributed by atoms with Crippen LogP contribution in [0.3, 0.4) is 0 Å². The van der Waals surface area contributed by atoms with Gasteiger partial charge in [0.25, 0.3) is 0 Å². The molecule has 0 spiro atoms. The van der Waals surface area contributed by atoms with Gasteiger partial charge in [-0.3, -0.25) is 19.4 Å². The number of ketones is 1. The number of amides is 1. The lowest BCUT2D eigenvalue weighted by molar-refractivity contribution is -0.122. The molecule has 0 bridgehead atoms. The molecule has 2 heterocycles. The first-order valence-electron chi connectivity index (χ1n) is 11.0. The molecule has 1 aliphatic heterocycles. The molecule has 1 aliphatic rings. The summed E-state index contributed by atoms with van der Waals surface area (Å²) in [5.74, 6) is -0.0604. The highest BCUT2D eigenvalue weighted by Gasteiger charge is 2.23. The molecule has 1 fully saturated rings. The number of benzene rings is 1. The zero-order valence-corrected chi connectivity index (χ0v) is 18.8. The number of hydrogen-bond donors (Lipinski definition) is 1. The van der Waals surface area contributed by atoms with Gasteiger partial charge in [0, 0.05) is 56.2 Å². The Morgan fingerprint density at radius 2 is 1.61 bits per heavy atom. The largest absolute Gasteiger partial charge is 0.355 e. The number of aromatic nitrogens is 1. The second kappa shape index (κ2) is 10.7. The number of nitrogens with zero attached hydrogens (tertiary/aromatic N) is 3. The number of piperazine rings is 1. The highest BCUT2D eigenvalue weighted by atomic mass is 19.1. The molecule has 168 valence electrons. The molecule has 0 atom stereocenters. The summed E-state index contributed by atoms with van der Waals surface area (Å²) in [6.07, 6.45) is 0.937. The molecule has 3 rings (SSSR count). The molecule has 6 nitrogen and oxygen atoms in total. The molecule has 7 heteroatoms. The molecule has 0 unspecified atom stereocenters.